The highest BCUT2D eigenvalue weighted by molar-refractivity contribution is 6.33. The van der Waals surface area contributed by atoms with Crippen molar-refractivity contribution in [3.05, 3.63) is 101 Å². The van der Waals surface area contributed by atoms with E-state index in [2.05, 4.69) is 45.5 Å². The maximum absolute atomic E-state index is 6.53. The standard InChI is InChI=1S/C24H24ClN3O/c25-22-17-19(18-28-13-15-29-16-14-28)11-12-23(22)26-27-24(20-7-3-1-4-8-20)21-9-5-2-6-10-21/h1-12,17,24H,13-16,18H2. The van der Waals surface area contributed by atoms with Crippen LogP contribution in [0.15, 0.2) is 89.1 Å². The molecular formula is C24H24ClN3O. The van der Waals surface area contributed by atoms with Gasteiger partial charge in [-0.3, -0.25) is 4.90 Å². The summed E-state index contributed by atoms with van der Waals surface area (Å²) in [6, 6.07) is 26.3. The highest BCUT2D eigenvalue weighted by Gasteiger charge is 2.14. The number of nitrogens with zero attached hydrogens (tertiary/aromatic N) is 3. The molecule has 0 N–H and O–H groups in total. The van der Waals surface area contributed by atoms with Crippen molar-refractivity contribution in [1.29, 1.82) is 0 Å². The number of halogens is 1. The van der Waals surface area contributed by atoms with Crippen molar-refractivity contribution in [2.75, 3.05) is 26.3 Å². The molecule has 0 bridgehead atoms. The van der Waals surface area contributed by atoms with Gasteiger partial charge in [-0.25, -0.2) is 0 Å². The number of ether oxygens (including phenoxy) is 1. The molecule has 0 aromatic heterocycles. The van der Waals surface area contributed by atoms with E-state index < -0.39 is 0 Å². The second-order valence-electron chi connectivity index (χ2n) is 7.11. The molecule has 4 rings (SSSR count). The molecule has 4 nitrogen and oxygen atoms in total. The molecule has 3 aromatic carbocycles. The van der Waals surface area contributed by atoms with Crippen molar-refractivity contribution in [3.8, 4) is 0 Å². The summed E-state index contributed by atoms with van der Waals surface area (Å²) in [5, 5.41) is 9.78. The van der Waals surface area contributed by atoms with Crippen molar-refractivity contribution < 1.29 is 4.74 Å². The second kappa shape index (κ2) is 9.79. The Morgan fingerprint density at radius 2 is 1.48 bits per heavy atom. The molecule has 0 radical (unpaired) electrons. The number of hydrogen-bond donors (Lipinski definition) is 0. The first-order chi connectivity index (χ1) is 14.3. The number of benzene rings is 3. The minimum atomic E-state index is -0.165. The van der Waals surface area contributed by atoms with Crippen LogP contribution in [0, 0.1) is 0 Å². The van der Waals surface area contributed by atoms with E-state index in [1.807, 2.05) is 48.5 Å². The van der Waals surface area contributed by atoms with Crippen LogP contribution in [-0.2, 0) is 11.3 Å². The molecule has 0 atom stereocenters. The van der Waals surface area contributed by atoms with Gasteiger partial charge in [-0.1, -0.05) is 78.3 Å². The first-order valence-electron chi connectivity index (χ1n) is 9.89. The minimum Gasteiger partial charge on any atom is -0.379 e. The summed E-state index contributed by atoms with van der Waals surface area (Å²) in [4.78, 5) is 2.37. The van der Waals surface area contributed by atoms with Crippen LogP contribution in [0.2, 0.25) is 5.02 Å². The van der Waals surface area contributed by atoms with Gasteiger partial charge in [0.05, 0.1) is 18.2 Å². The van der Waals surface area contributed by atoms with Gasteiger partial charge in [0.2, 0.25) is 0 Å². The van der Waals surface area contributed by atoms with Crippen LogP contribution >= 0.6 is 11.6 Å². The lowest BCUT2D eigenvalue weighted by Crippen LogP contribution is -2.35. The topological polar surface area (TPSA) is 37.2 Å². The van der Waals surface area contributed by atoms with E-state index in [1.165, 1.54) is 5.56 Å². The highest BCUT2D eigenvalue weighted by atomic mass is 35.5. The zero-order chi connectivity index (χ0) is 19.9. The largest absolute Gasteiger partial charge is 0.379 e. The monoisotopic (exact) mass is 405 g/mol. The predicted molar refractivity (Wildman–Crippen MR) is 117 cm³/mol. The molecule has 0 aliphatic carbocycles. The van der Waals surface area contributed by atoms with Gasteiger partial charge in [0.1, 0.15) is 11.7 Å². The molecule has 0 unspecified atom stereocenters. The van der Waals surface area contributed by atoms with Gasteiger partial charge in [0, 0.05) is 19.6 Å². The van der Waals surface area contributed by atoms with E-state index in [0.29, 0.717) is 10.7 Å². The van der Waals surface area contributed by atoms with Gasteiger partial charge >= 0.3 is 0 Å². The van der Waals surface area contributed by atoms with Gasteiger partial charge in [-0.15, -0.1) is 0 Å². The van der Waals surface area contributed by atoms with E-state index in [0.717, 1.165) is 44.0 Å². The van der Waals surface area contributed by atoms with Crippen molar-refractivity contribution in [3.63, 3.8) is 0 Å². The third kappa shape index (κ3) is 5.30. The number of morpholine rings is 1. The van der Waals surface area contributed by atoms with E-state index in [4.69, 9.17) is 16.3 Å². The van der Waals surface area contributed by atoms with Gasteiger partial charge in [-0.05, 0) is 28.8 Å². The maximum atomic E-state index is 6.53. The lowest BCUT2D eigenvalue weighted by molar-refractivity contribution is 0.0342. The average molecular weight is 406 g/mol. The maximum Gasteiger partial charge on any atom is 0.121 e. The Morgan fingerprint density at radius 3 is 2.07 bits per heavy atom. The predicted octanol–water partition coefficient (Wildman–Crippen LogP) is 6.05. The average Bonchev–Trinajstić information content (AvgIpc) is 2.77. The number of azo groups is 1. The molecule has 1 saturated heterocycles. The Bertz CT molecular complexity index is 901. The fourth-order valence-corrected chi connectivity index (χ4v) is 3.70. The zero-order valence-corrected chi connectivity index (χ0v) is 17.0. The quantitative estimate of drug-likeness (QED) is 0.468. The minimum absolute atomic E-state index is 0.165. The Labute approximate surface area is 176 Å². The lowest BCUT2D eigenvalue weighted by atomic mass is 10.00. The zero-order valence-electron chi connectivity index (χ0n) is 16.2. The van der Waals surface area contributed by atoms with E-state index >= 15 is 0 Å². The molecular weight excluding hydrogens is 382 g/mol. The molecule has 0 saturated carbocycles. The van der Waals surface area contributed by atoms with Crippen LogP contribution < -0.4 is 0 Å². The SMILES string of the molecule is Clc1cc(CN2CCOCC2)ccc1N=NC(c1ccccc1)c1ccccc1. The van der Waals surface area contributed by atoms with Gasteiger partial charge in [0.15, 0.2) is 0 Å². The van der Waals surface area contributed by atoms with Gasteiger partial charge in [0.25, 0.3) is 0 Å². The summed E-state index contributed by atoms with van der Waals surface area (Å²) in [6.07, 6.45) is 0. The third-order valence-corrected chi connectivity index (χ3v) is 5.34. The number of rotatable bonds is 6. The van der Waals surface area contributed by atoms with E-state index in [1.54, 1.807) is 0 Å². The molecule has 1 fully saturated rings. The van der Waals surface area contributed by atoms with Crippen molar-refractivity contribution in [2.24, 2.45) is 10.2 Å². The highest BCUT2D eigenvalue weighted by Crippen LogP contribution is 2.31. The summed E-state index contributed by atoms with van der Waals surface area (Å²) < 4.78 is 5.41. The summed E-state index contributed by atoms with van der Waals surface area (Å²) in [6.45, 7) is 4.36. The first-order valence-corrected chi connectivity index (χ1v) is 10.3. The molecule has 0 amide bonds. The molecule has 5 heteroatoms. The third-order valence-electron chi connectivity index (χ3n) is 5.03. The van der Waals surface area contributed by atoms with Crippen LogP contribution in [0.4, 0.5) is 5.69 Å². The smallest absolute Gasteiger partial charge is 0.121 e. The normalized spacial score (nSPS) is 15.2. The molecule has 1 heterocycles. The Morgan fingerprint density at radius 1 is 0.862 bits per heavy atom. The Hall–Kier alpha value is -2.53. The van der Waals surface area contributed by atoms with Crippen molar-refractivity contribution >= 4 is 17.3 Å². The van der Waals surface area contributed by atoms with Crippen LogP contribution in [0.1, 0.15) is 22.7 Å². The van der Waals surface area contributed by atoms with Gasteiger partial charge in [-0.2, -0.15) is 10.2 Å². The molecule has 0 spiro atoms. The second-order valence-corrected chi connectivity index (χ2v) is 7.52. The van der Waals surface area contributed by atoms with Crippen LogP contribution in [0.3, 0.4) is 0 Å². The molecule has 1 aliphatic heterocycles. The summed E-state index contributed by atoms with van der Waals surface area (Å²) in [5.41, 5.74) is 4.07. The fraction of sp³-hybridized carbons (Fsp3) is 0.250. The fourth-order valence-electron chi connectivity index (χ4n) is 3.46. The van der Waals surface area contributed by atoms with Crippen molar-refractivity contribution in [2.45, 2.75) is 12.6 Å². The summed E-state index contributed by atoms with van der Waals surface area (Å²) >= 11 is 6.53. The van der Waals surface area contributed by atoms with E-state index in [9.17, 15) is 0 Å². The van der Waals surface area contributed by atoms with Gasteiger partial charge < -0.3 is 4.74 Å². The van der Waals surface area contributed by atoms with Crippen LogP contribution in [-0.4, -0.2) is 31.2 Å². The van der Waals surface area contributed by atoms with E-state index in [-0.39, 0.29) is 6.04 Å². The summed E-state index contributed by atoms with van der Waals surface area (Å²) in [5.74, 6) is 0. The first kappa shape index (κ1) is 19.8. The summed E-state index contributed by atoms with van der Waals surface area (Å²) in [7, 11) is 0. The lowest BCUT2D eigenvalue weighted by Gasteiger charge is -2.26. The molecule has 29 heavy (non-hydrogen) atoms. The molecule has 3 aromatic rings. The van der Waals surface area contributed by atoms with Crippen molar-refractivity contribution in [1.82, 2.24) is 4.90 Å². The Balaban J connectivity index is 1.54. The van der Waals surface area contributed by atoms with Crippen LogP contribution in [0.25, 0.3) is 0 Å². The Kier molecular flexibility index (Phi) is 6.67. The number of hydrogen-bond acceptors (Lipinski definition) is 4. The van der Waals surface area contributed by atoms with Crippen LogP contribution in [0.5, 0.6) is 0 Å². The molecule has 1 aliphatic rings. The molecule has 148 valence electrons.